The van der Waals surface area contributed by atoms with E-state index in [-0.39, 0.29) is 17.9 Å². The summed E-state index contributed by atoms with van der Waals surface area (Å²) in [6.45, 7) is -0.329. The van der Waals surface area contributed by atoms with E-state index in [4.69, 9.17) is 15.6 Å². The molecule has 7 heteroatoms. The van der Waals surface area contributed by atoms with Gasteiger partial charge in [-0.1, -0.05) is 0 Å². The van der Waals surface area contributed by atoms with Gasteiger partial charge < -0.3 is 20.3 Å². The minimum absolute atomic E-state index is 0.278. The van der Waals surface area contributed by atoms with Gasteiger partial charge in [-0.15, -0.1) is 0 Å². The Balaban J connectivity index is 3.48. The Kier molecular flexibility index (Phi) is 4.43. The van der Waals surface area contributed by atoms with Gasteiger partial charge in [0.1, 0.15) is 0 Å². The molecule has 0 amide bonds. The third-order valence-electron chi connectivity index (χ3n) is 2.49. The van der Waals surface area contributed by atoms with E-state index in [2.05, 4.69) is 4.74 Å². The fourth-order valence-electron chi connectivity index (χ4n) is 1.55. The summed E-state index contributed by atoms with van der Waals surface area (Å²) in [5.74, 6) is -5.72. The summed E-state index contributed by atoms with van der Waals surface area (Å²) in [6.07, 6.45) is 0. The highest BCUT2D eigenvalue weighted by Crippen LogP contribution is 2.35. The van der Waals surface area contributed by atoms with Crippen LogP contribution >= 0.6 is 0 Å². The van der Waals surface area contributed by atoms with Crippen LogP contribution in [-0.4, -0.2) is 31.8 Å². The molecule has 0 spiro atoms. The highest BCUT2D eigenvalue weighted by molar-refractivity contribution is 5.77. The monoisotopic (exact) mass is 261 g/mol. The molecule has 5 nitrogen and oxygen atoms in total. The van der Waals surface area contributed by atoms with Crippen molar-refractivity contribution in [1.82, 2.24) is 0 Å². The molecule has 18 heavy (non-hydrogen) atoms. The van der Waals surface area contributed by atoms with E-state index < -0.39 is 29.3 Å². The van der Waals surface area contributed by atoms with Gasteiger partial charge in [0.2, 0.25) is 5.82 Å². The fraction of sp³-hybridized carbons (Fsp3) is 0.364. The van der Waals surface area contributed by atoms with Gasteiger partial charge in [-0.3, -0.25) is 4.79 Å². The summed E-state index contributed by atoms with van der Waals surface area (Å²) >= 11 is 0. The highest BCUT2D eigenvalue weighted by atomic mass is 19.1. The van der Waals surface area contributed by atoms with E-state index in [1.807, 2.05) is 0 Å². The lowest BCUT2D eigenvalue weighted by atomic mass is 9.98. The first kappa shape index (κ1) is 14.2. The molecule has 1 atom stereocenters. The molecule has 0 aliphatic heterocycles. The minimum Gasteiger partial charge on any atom is -0.494 e. The maximum absolute atomic E-state index is 13.9. The second-order valence-electron chi connectivity index (χ2n) is 3.46. The Hall–Kier alpha value is -1.89. The summed E-state index contributed by atoms with van der Waals surface area (Å²) in [5.41, 5.74) is 5.00. The second kappa shape index (κ2) is 5.63. The standard InChI is InChI=1S/C11H13F2NO4/c1-17-7-3-5(6(4-14)11(15)16)8(12)10(18-2)9(7)13/h3,6H,4,14H2,1-2H3,(H,15,16). The zero-order valence-corrected chi connectivity index (χ0v) is 9.87. The number of halogens is 2. The van der Waals surface area contributed by atoms with Gasteiger partial charge in [0, 0.05) is 12.1 Å². The number of carboxylic acids is 1. The summed E-state index contributed by atoms with van der Waals surface area (Å²) in [5, 5.41) is 8.93. The largest absolute Gasteiger partial charge is 0.494 e. The van der Waals surface area contributed by atoms with E-state index in [1.54, 1.807) is 0 Å². The molecule has 1 aromatic rings. The van der Waals surface area contributed by atoms with Crippen molar-refractivity contribution in [2.75, 3.05) is 20.8 Å². The molecule has 0 heterocycles. The van der Waals surface area contributed by atoms with Crippen molar-refractivity contribution in [3.8, 4) is 11.5 Å². The molecule has 0 radical (unpaired) electrons. The van der Waals surface area contributed by atoms with Crippen LogP contribution in [0.15, 0.2) is 6.07 Å². The van der Waals surface area contributed by atoms with Gasteiger partial charge in [0.15, 0.2) is 17.3 Å². The molecular formula is C11H13F2NO4. The molecule has 1 rings (SSSR count). The van der Waals surface area contributed by atoms with Crippen LogP contribution < -0.4 is 15.2 Å². The molecule has 0 aliphatic rings. The van der Waals surface area contributed by atoms with Crippen LogP contribution in [0.5, 0.6) is 11.5 Å². The van der Waals surface area contributed by atoms with Gasteiger partial charge in [-0.25, -0.2) is 4.39 Å². The lowest BCUT2D eigenvalue weighted by Gasteiger charge is -2.16. The third kappa shape index (κ3) is 2.35. The zero-order valence-electron chi connectivity index (χ0n) is 9.87. The van der Waals surface area contributed by atoms with E-state index in [0.29, 0.717) is 0 Å². The first-order chi connectivity index (χ1) is 8.47. The normalized spacial score (nSPS) is 12.1. The molecule has 0 aromatic heterocycles. The summed E-state index contributed by atoms with van der Waals surface area (Å²) in [6, 6.07) is 0.971. The smallest absolute Gasteiger partial charge is 0.312 e. The molecule has 0 aliphatic carbocycles. The van der Waals surface area contributed by atoms with E-state index in [0.717, 1.165) is 13.2 Å². The van der Waals surface area contributed by atoms with Gasteiger partial charge in [-0.05, 0) is 6.07 Å². The van der Waals surface area contributed by atoms with Gasteiger partial charge in [0.25, 0.3) is 0 Å². The summed E-state index contributed by atoms with van der Waals surface area (Å²) in [4.78, 5) is 10.9. The van der Waals surface area contributed by atoms with Crippen molar-refractivity contribution >= 4 is 5.97 Å². The van der Waals surface area contributed by atoms with E-state index in [1.165, 1.54) is 7.11 Å². The van der Waals surface area contributed by atoms with Gasteiger partial charge >= 0.3 is 5.97 Å². The first-order valence-electron chi connectivity index (χ1n) is 5.00. The Labute approximate surface area is 102 Å². The van der Waals surface area contributed by atoms with Crippen molar-refractivity contribution in [1.29, 1.82) is 0 Å². The van der Waals surface area contributed by atoms with Crippen molar-refractivity contribution in [3.63, 3.8) is 0 Å². The van der Waals surface area contributed by atoms with Crippen LogP contribution in [0, 0.1) is 11.6 Å². The van der Waals surface area contributed by atoms with Gasteiger partial charge in [-0.2, -0.15) is 4.39 Å². The molecular weight excluding hydrogens is 248 g/mol. The molecule has 3 N–H and O–H groups in total. The molecule has 0 saturated carbocycles. The second-order valence-corrected chi connectivity index (χ2v) is 3.46. The number of ether oxygens (including phenoxy) is 2. The predicted octanol–water partition coefficient (Wildman–Crippen LogP) is 1.11. The first-order valence-corrected chi connectivity index (χ1v) is 5.00. The number of benzene rings is 1. The summed E-state index contributed by atoms with van der Waals surface area (Å²) < 4.78 is 36.8. The summed E-state index contributed by atoms with van der Waals surface area (Å²) in [7, 11) is 2.25. The SMILES string of the molecule is COc1cc(C(CN)C(=O)O)c(F)c(OC)c1F. The average molecular weight is 261 g/mol. The van der Waals surface area contributed by atoms with Crippen molar-refractivity contribution in [2.24, 2.45) is 5.73 Å². The number of hydrogen-bond donors (Lipinski definition) is 2. The Morgan fingerprint density at radius 3 is 2.39 bits per heavy atom. The number of carbonyl (C=O) groups is 1. The lowest BCUT2D eigenvalue weighted by molar-refractivity contribution is -0.138. The maximum atomic E-state index is 13.9. The zero-order chi connectivity index (χ0) is 13.9. The van der Waals surface area contributed by atoms with Crippen molar-refractivity contribution in [2.45, 2.75) is 5.92 Å². The molecule has 0 saturated heterocycles. The quantitative estimate of drug-likeness (QED) is 0.829. The molecule has 0 bridgehead atoms. The van der Waals surface area contributed by atoms with Crippen LogP contribution in [0.4, 0.5) is 8.78 Å². The van der Waals surface area contributed by atoms with E-state index >= 15 is 0 Å². The van der Waals surface area contributed by atoms with E-state index in [9.17, 15) is 13.6 Å². The molecule has 1 unspecified atom stereocenters. The third-order valence-corrected chi connectivity index (χ3v) is 2.49. The highest BCUT2D eigenvalue weighted by Gasteiger charge is 2.28. The number of methoxy groups -OCH3 is 2. The Bertz CT molecular complexity index is 465. The number of carboxylic acid groups (broad SMARTS) is 1. The van der Waals surface area contributed by atoms with Crippen LogP contribution in [0.3, 0.4) is 0 Å². The maximum Gasteiger partial charge on any atom is 0.312 e. The van der Waals surface area contributed by atoms with Crippen LogP contribution in [0.25, 0.3) is 0 Å². The average Bonchev–Trinajstić information content (AvgIpc) is 2.33. The molecule has 1 aromatic carbocycles. The number of aliphatic carboxylic acids is 1. The number of nitrogens with two attached hydrogens (primary N) is 1. The van der Waals surface area contributed by atoms with Crippen LogP contribution in [0.1, 0.15) is 11.5 Å². The topological polar surface area (TPSA) is 81.8 Å². The fourth-order valence-corrected chi connectivity index (χ4v) is 1.55. The van der Waals surface area contributed by atoms with Crippen LogP contribution in [-0.2, 0) is 4.79 Å². The van der Waals surface area contributed by atoms with Gasteiger partial charge in [0.05, 0.1) is 20.1 Å². The predicted molar refractivity (Wildman–Crippen MR) is 58.9 cm³/mol. The van der Waals surface area contributed by atoms with Crippen molar-refractivity contribution in [3.05, 3.63) is 23.3 Å². The molecule has 100 valence electrons. The van der Waals surface area contributed by atoms with Crippen LogP contribution in [0.2, 0.25) is 0 Å². The number of rotatable bonds is 5. The Morgan fingerprint density at radius 1 is 1.39 bits per heavy atom. The molecule has 0 fully saturated rings. The van der Waals surface area contributed by atoms with Crippen molar-refractivity contribution < 1.29 is 28.2 Å². The lowest BCUT2D eigenvalue weighted by Crippen LogP contribution is -2.22. The number of hydrogen-bond acceptors (Lipinski definition) is 4. The Morgan fingerprint density at radius 2 is 2.00 bits per heavy atom. The minimum atomic E-state index is -1.31.